The Hall–Kier alpha value is -1.46. The standard InChI is InChI=1S/C11H16ClN3O2/c1-7(16)6-15(2)9-5-3-4-8(12)10(9)11(13)14-17/h3-5,7,16-17H,6H2,1-2H3,(H2,13,14). The molecular weight excluding hydrogens is 242 g/mol. The molecule has 0 fully saturated rings. The third-order valence-electron chi connectivity index (χ3n) is 2.30. The van der Waals surface area contributed by atoms with Gasteiger partial charge in [-0.05, 0) is 19.1 Å². The van der Waals surface area contributed by atoms with Crippen LogP contribution in [0, 0.1) is 0 Å². The number of hydrogen-bond donors (Lipinski definition) is 3. The van der Waals surface area contributed by atoms with E-state index in [0.717, 1.165) is 0 Å². The fraction of sp³-hybridized carbons (Fsp3) is 0.364. The van der Waals surface area contributed by atoms with Crippen molar-refractivity contribution in [3.63, 3.8) is 0 Å². The zero-order chi connectivity index (χ0) is 13.0. The molecule has 0 radical (unpaired) electrons. The number of nitrogens with two attached hydrogens (primary N) is 1. The summed E-state index contributed by atoms with van der Waals surface area (Å²) < 4.78 is 0. The molecular formula is C11H16ClN3O2. The van der Waals surface area contributed by atoms with Gasteiger partial charge in [-0.15, -0.1) is 0 Å². The fourth-order valence-corrected chi connectivity index (χ4v) is 1.90. The molecule has 0 aliphatic rings. The number of nitrogens with zero attached hydrogens (tertiary/aromatic N) is 2. The number of hydrogen-bond acceptors (Lipinski definition) is 4. The zero-order valence-corrected chi connectivity index (χ0v) is 10.5. The second-order valence-electron chi connectivity index (χ2n) is 3.85. The number of rotatable bonds is 4. The van der Waals surface area contributed by atoms with Gasteiger partial charge in [-0.25, -0.2) is 0 Å². The summed E-state index contributed by atoms with van der Waals surface area (Å²) in [4.78, 5) is 1.80. The molecule has 1 aromatic carbocycles. The van der Waals surface area contributed by atoms with Crippen LogP contribution in [0.1, 0.15) is 12.5 Å². The zero-order valence-electron chi connectivity index (χ0n) is 9.76. The van der Waals surface area contributed by atoms with Crippen molar-refractivity contribution in [2.75, 3.05) is 18.5 Å². The van der Waals surface area contributed by atoms with Gasteiger partial charge >= 0.3 is 0 Å². The molecule has 6 heteroatoms. The van der Waals surface area contributed by atoms with E-state index in [1.54, 1.807) is 37.1 Å². The Kier molecular flexibility index (Phi) is 4.60. The number of aliphatic hydroxyl groups excluding tert-OH is 1. The molecule has 0 saturated heterocycles. The van der Waals surface area contributed by atoms with Gasteiger partial charge in [-0.3, -0.25) is 0 Å². The Morgan fingerprint density at radius 1 is 1.59 bits per heavy atom. The summed E-state index contributed by atoms with van der Waals surface area (Å²) >= 11 is 6.02. The van der Waals surface area contributed by atoms with E-state index in [1.807, 2.05) is 0 Å². The first-order chi connectivity index (χ1) is 7.97. The SMILES string of the molecule is CC(O)CN(C)c1cccc(Cl)c1/C(N)=N/O. The van der Waals surface area contributed by atoms with Crippen LogP contribution in [0.25, 0.3) is 0 Å². The van der Waals surface area contributed by atoms with Crippen molar-refractivity contribution >= 4 is 23.1 Å². The third-order valence-corrected chi connectivity index (χ3v) is 2.62. The van der Waals surface area contributed by atoms with Gasteiger partial charge in [-0.2, -0.15) is 0 Å². The van der Waals surface area contributed by atoms with Gasteiger partial charge in [0.15, 0.2) is 5.84 Å². The van der Waals surface area contributed by atoms with E-state index in [4.69, 9.17) is 22.5 Å². The first kappa shape index (κ1) is 13.6. The predicted octanol–water partition coefficient (Wildman–Crippen LogP) is 1.25. The van der Waals surface area contributed by atoms with Crippen LogP contribution in [-0.2, 0) is 0 Å². The lowest BCUT2D eigenvalue weighted by atomic mass is 10.1. The maximum absolute atomic E-state index is 9.35. The number of aliphatic hydroxyl groups is 1. The number of anilines is 1. The van der Waals surface area contributed by atoms with Crippen LogP contribution in [0.4, 0.5) is 5.69 Å². The molecule has 0 aliphatic heterocycles. The Morgan fingerprint density at radius 2 is 2.24 bits per heavy atom. The number of likely N-dealkylation sites (N-methyl/N-ethyl adjacent to an activating group) is 1. The summed E-state index contributed by atoms with van der Waals surface area (Å²) in [6.45, 7) is 2.11. The summed E-state index contributed by atoms with van der Waals surface area (Å²) in [5.41, 5.74) is 6.75. The molecule has 4 N–H and O–H groups in total. The predicted molar refractivity (Wildman–Crippen MR) is 68.9 cm³/mol. The maximum atomic E-state index is 9.35. The van der Waals surface area contributed by atoms with Crippen molar-refractivity contribution in [2.24, 2.45) is 10.9 Å². The van der Waals surface area contributed by atoms with Gasteiger partial charge in [-0.1, -0.05) is 22.8 Å². The smallest absolute Gasteiger partial charge is 0.173 e. The summed E-state index contributed by atoms with van der Waals surface area (Å²) in [5.74, 6) is -0.0527. The van der Waals surface area contributed by atoms with Gasteiger partial charge in [0.05, 0.1) is 16.7 Å². The number of halogens is 1. The van der Waals surface area contributed by atoms with E-state index < -0.39 is 6.10 Å². The molecule has 0 aromatic heterocycles. The van der Waals surface area contributed by atoms with Crippen molar-refractivity contribution in [1.29, 1.82) is 0 Å². The molecule has 0 heterocycles. The number of benzene rings is 1. The number of oxime groups is 1. The molecule has 0 spiro atoms. The minimum atomic E-state index is -0.487. The van der Waals surface area contributed by atoms with Gasteiger partial charge in [0.2, 0.25) is 0 Å². The molecule has 0 aliphatic carbocycles. The highest BCUT2D eigenvalue weighted by Crippen LogP contribution is 2.26. The summed E-state index contributed by atoms with van der Waals surface area (Å²) in [6.07, 6.45) is -0.487. The van der Waals surface area contributed by atoms with Crippen molar-refractivity contribution in [1.82, 2.24) is 0 Å². The summed E-state index contributed by atoms with van der Waals surface area (Å²) in [7, 11) is 1.80. The molecule has 1 aromatic rings. The lowest BCUT2D eigenvalue weighted by Crippen LogP contribution is -2.29. The Bertz CT molecular complexity index is 421. The molecule has 1 atom stereocenters. The molecule has 94 valence electrons. The van der Waals surface area contributed by atoms with Crippen molar-refractivity contribution in [3.05, 3.63) is 28.8 Å². The van der Waals surface area contributed by atoms with Crippen molar-refractivity contribution in [2.45, 2.75) is 13.0 Å². The fourth-order valence-electron chi connectivity index (χ4n) is 1.63. The molecule has 0 saturated carbocycles. The van der Waals surface area contributed by atoms with Crippen LogP contribution >= 0.6 is 11.6 Å². The van der Waals surface area contributed by atoms with Gasteiger partial charge in [0, 0.05) is 19.3 Å². The third kappa shape index (κ3) is 3.25. The average Bonchev–Trinajstić information content (AvgIpc) is 2.26. The van der Waals surface area contributed by atoms with Crippen LogP contribution in [0.2, 0.25) is 5.02 Å². The molecule has 1 unspecified atom stereocenters. The van der Waals surface area contributed by atoms with Crippen LogP contribution in [-0.4, -0.2) is 35.8 Å². The molecule has 5 nitrogen and oxygen atoms in total. The average molecular weight is 258 g/mol. The molecule has 17 heavy (non-hydrogen) atoms. The van der Waals surface area contributed by atoms with Gasteiger partial charge in [0.25, 0.3) is 0 Å². The topological polar surface area (TPSA) is 82.1 Å². The van der Waals surface area contributed by atoms with E-state index in [1.165, 1.54) is 0 Å². The Labute approximate surface area is 105 Å². The van der Waals surface area contributed by atoms with Gasteiger partial charge in [0.1, 0.15) is 0 Å². The second-order valence-corrected chi connectivity index (χ2v) is 4.26. The van der Waals surface area contributed by atoms with Crippen LogP contribution < -0.4 is 10.6 Å². The largest absolute Gasteiger partial charge is 0.409 e. The maximum Gasteiger partial charge on any atom is 0.173 e. The second kappa shape index (κ2) is 5.75. The Morgan fingerprint density at radius 3 is 2.76 bits per heavy atom. The minimum absolute atomic E-state index is 0.0527. The lowest BCUT2D eigenvalue weighted by Gasteiger charge is -2.23. The summed E-state index contributed by atoms with van der Waals surface area (Å²) in [6, 6.07) is 5.22. The van der Waals surface area contributed by atoms with E-state index in [0.29, 0.717) is 22.8 Å². The quantitative estimate of drug-likeness (QED) is 0.328. The molecule has 0 bridgehead atoms. The minimum Gasteiger partial charge on any atom is -0.409 e. The van der Waals surface area contributed by atoms with E-state index in [9.17, 15) is 5.11 Å². The Balaban J connectivity index is 3.19. The van der Waals surface area contributed by atoms with Crippen molar-refractivity contribution < 1.29 is 10.3 Å². The van der Waals surface area contributed by atoms with Crippen LogP contribution in [0.15, 0.2) is 23.4 Å². The first-order valence-corrected chi connectivity index (χ1v) is 5.50. The van der Waals surface area contributed by atoms with Gasteiger partial charge < -0.3 is 20.9 Å². The normalized spacial score (nSPS) is 13.5. The molecule has 0 amide bonds. The van der Waals surface area contributed by atoms with E-state index in [-0.39, 0.29) is 5.84 Å². The number of amidine groups is 1. The molecule has 1 rings (SSSR count). The first-order valence-electron chi connectivity index (χ1n) is 5.13. The van der Waals surface area contributed by atoms with Crippen molar-refractivity contribution in [3.8, 4) is 0 Å². The highest BCUT2D eigenvalue weighted by molar-refractivity contribution is 6.34. The van der Waals surface area contributed by atoms with Crippen LogP contribution in [0.5, 0.6) is 0 Å². The van der Waals surface area contributed by atoms with E-state index >= 15 is 0 Å². The monoisotopic (exact) mass is 257 g/mol. The lowest BCUT2D eigenvalue weighted by molar-refractivity contribution is 0.201. The summed E-state index contributed by atoms with van der Waals surface area (Å²) in [5, 5.41) is 21.5. The van der Waals surface area contributed by atoms with E-state index in [2.05, 4.69) is 5.16 Å². The highest BCUT2D eigenvalue weighted by atomic mass is 35.5. The van der Waals surface area contributed by atoms with Crippen LogP contribution in [0.3, 0.4) is 0 Å². The highest BCUT2D eigenvalue weighted by Gasteiger charge is 2.15.